The third kappa shape index (κ3) is 13.4. The van der Waals surface area contributed by atoms with Gasteiger partial charge < -0.3 is 15.0 Å². The number of aliphatic hydroxyl groups excluding tert-OH is 1. The van der Waals surface area contributed by atoms with Gasteiger partial charge in [-0.1, -0.05) is 39.5 Å². The molecule has 15 heavy (non-hydrogen) atoms. The van der Waals surface area contributed by atoms with E-state index in [0.29, 0.717) is 6.42 Å². The van der Waals surface area contributed by atoms with Gasteiger partial charge in [0.1, 0.15) is 0 Å². The second-order valence-electron chi connectivity index (χ2n) is 3.59. The first-order valence-electron chi connectivity index (χ1n) is 5.95. The topological polar surface area (TPSA) is 60.4 Å². The van der Waals surface area contributed by atoms with Gasteiger partial charge in [-0.3, -0.25) is 0 Å². The number of unbranched alkanes of at least 4 members (excludes halogenated alkanes) is 3. The second kappa shape index (κ2) is 13.4. The van der Waals surface area contributed by atoms with Crippen molar-refractivity contribution in [2.45, 2.75) is 59.3 Å². The number of carboxylic acid groups (broad SMARTS) is 1. The highest BCUT2D eigenvalue weighted by Gasteiger charge is 2.05. The first-order valence-corrected chi connectivity index (χ1v) is 5.95. The van der Waals surface area contributed by atoms with Gasteiger partial charge in [0.2, 0.25) is 0 Å². The molecule has 0 radical (unpaired) electrons. The summed E-state index contributed by atoms with van der Waals surface area (Å²) in [6, 6.07) is 0. The summed E-state index contributed by atoms with van der Waals surface area (Å²) in [5.74, 6) is -1.10. The van der Waals surface area contributed by atoms with Crippen molar-refractivity contribution >= 4 is 5.97 Å². The maximum absolute atomic E-state index is 10.5. The summed E-state index contributed by atoms with van der Waals surface area (Å²) in [6.07, 6.45) is 6.08. The number of hydrogen-bond donors (Lipinski definition) is 1. The summed E-state index contributed by atoms with van der Waals surface area (Å²) < 4.78 is 0. The summed E-state index contributed by atoms with van der Waals surface area (Å²) in [4.78, 5) is 10.5. The number of carboxylic acids is 1. The maximum atomic E-state index is 10.5. The van der Waals surface area contributed by atoms with Gasteiger partial charge in [0, 0.05) is 12.6 Å². The van der Waals surface area contributed by atoms with Gasteiger partial charge in [-0.2, -0.15) is 0 Å². The van der Waals surface area contributed by atoms with E-state index in [-0.39, 0.29) is 12.5 Å². The standard InChI is InChI=1S/C10H20O2.C2H6O/c1-3-5-6-7-8-9(4-2)10(11)12;1-2-3/h9H,3-8H2,1-2H3,(H,11,12);3H,2H2,1H3/p-1. The minimum Gasteiger partial charge on any atom is -0.550 e. The molecule has 0 amide bonds. The summed E-state index contributed by atoms with van der Waals surface area (Å²) in [5, 5.41) is 18.1. The molecule has 0 heterocycles. The van der Waals surface area contributed by atoms with Gasteiger partial charge in [0.05, 0.1) is 0 Å². The SMILES string of the molecule is CCCCCCC(CC)C(=O)[O-].CCO. The zero-order valence-corrected chi connectivity index (χ0v) is 10.3. The molecule has 1 N–H and O–H groups in total. The van der Waals surface area contributed by atoms with Crippen LogP contribution in [0.1, 0.15) is 59.3 Å². The zero-order chi connectivity index (χ0) is 12.1. The normalized spacial score (nSPS) is 11.5. The number of rotatable bonds is 7. The largest absolute Gasteiger partial charge is 0.550 e. The number of aliphatic hydroxyl groups is 1. The Hall–Kier alpha value is -0.570. The lowest BCUT2D eigenvalue weighted by molar-refractivity contribution is -0.311. The Labute approximate surface area is 93.5 Å². The van der Waals surface area contributed by atoms with E-state index in [0.717, 1.165) is 19.3 Å². The fourth-order valence-corrected chi connectivity index (χ4v) is 1.31. The molecule has 0 fully saturated rings. The van der Waals surface area contributed by atoms with Crippen LogP contribution in [-0.2, 0) is 4.79 Å². The van der Waals surface area contributed by atoms with Gasteiger partial charge in [0.25, 0.3) is 0 Å². The van der Waals surface area contributed by atoms with E-state index in [4.69, 9.17) is 5.11 Å². The van der Waals surface area contributed by atoms with Crippen LogP contribution in [0.4, 0.5) is 0 Å². The number of aliphatic carboxylic acids is 1. The monoisotopic (exact) mass is 217 g/mol. The Morgan fingerprint density at radius 2 is 1.73 bits per heavy atom. The summed E-state index contributed by atoms with van der Waals surface area (Å²) in [5.41, 5.74) is 0. The van der Waals surface area contributed by atoms with Crippen LogP contribution in [0.2, 0.25) is 0 Å². The quantitative estimate of drug-likeness (QED) is 0.661. The van der Waals surface area contributed by atoms with Crippen molar-refractivity contribution in [1.29, 1.82) is 0 Å². The predicted molar refractivity (Wildman–Crippen MR) is 60.3 cm³/mol. The van der Waals surface area contributed by atoms with Gasteiger partial charge in [-0.05, 0) is 25.7 Å². The molecule has 0 rings (SSSR count). The van der Waals surface area contributed by atoms with E-state index in [2.05, 4.69) is 6.92 Å². The third-order valence-corrected chi connectivity index (χ3v) is 2.23. The van der Waals surface area contributed by atoms with Crippen LogP contribution in [0.25, 0.3) is 0 Å². The Balaban J connectivity index is 0. The fraction of sp³-hybridized carbons (Fsp3) is 0.917. The van der Waals surface area contributed by atoms with Crippen molar-refractivity contribution in [3.63, 3.8) is 0 Å². The molecule has 3 nitrogen and oxygen atoms in total. The first kappa shape index (κ1) is 16.8. The number of hydrogen-bond acceptors (Lipinski definition) is 3. The molecule has 0 saturated heterocycles. The van der Waals surface area contributed by atoms with Gasteiger partial charge >= 0.3 is 0 Å². The first-order chi connectivity index (χ1) is 7.13. The van der Waals surface area contributed by atoms with E-state index in [1.165, 1.54) is 12.8 Å². The molecule has 3 heteroatoms. The van der Waals surface area contributed by atoms with Gasteiger partial charge in [0.15, 0.2) is 0 Å². The maximum Gasteiger partial charge on any atom is 0.0445 e. The summed E-state index contributed by atoms with van der Waals surface area (Å²) in [7, 11) is 0. The molecule has 0 aromatic rings. The van der Waals surface area contributed by atoms with Crippen molar-refractivity contribution in [1.82, 2.24) is 0 Å². The molecule has 0 aliphatic rings. The van der Waals surface area contributed by atoms with Crippen molar-refractivity contribution in [3.05, 3.63) is 0 Å². The van der Waals surface area contributed by atoms with Gasteiger partial charge in [-0.15, -0.1) is 0 Å². The molecular weight excluding hydrogens is 192 g/mol. The fourth-order valence-electron chi connectivity index (χ4n) is 1.31. The molecule has 0 aromatic carbocycles. The van der Waals surface area contributed by atoms with E-state index >= 15 is 0 Å². The van der Waals surface area contributed by atoms with Crippen LogP contribution in [-0.4, -0.2) is 17.7 Å². The van der Waals surface area contributed by atoms with E-state index in [9.17, 15) is 9.90 Å². The van der Waals surface area contributed by atoms with E-state index in [1.807, 2.05) is 6.92 Å². The minimum absolute atomic E-state index is 0.221. The van der Waals surface area contributed by atoms with E-state index in [1.54, 1.807) is 6.92 Å². The molecule has 1 atom stereocenters. The molecule has 0 aromatic heterocycles. The van der Waals surface area contributed by atoms with Crippen LogP contribution in [0.5, 0.6) is 0 Å². The molecule has 0 saturated carbocycles. The second-order valence-corrected chi connectivity index (χ2v) is 3.59. The molecule has 0 bridgehead atoms. The Morgan fingerprint density at radius 1 is 1.20 bits per heavy atom. The number of carbonyl (C=O) groups is 1. The van der Waals surface area contributed by atoms with Gasteiger partial charge in [-0.25, -0.2) is 0 Å². The molecule has 1 unspecified atom stereocenters. The summed E-state index contributed by atoms with van der Waals surface area (Å²) >= 11 is 0. The highest BCUT2D eigenvalue weighted by Crippen LogP contribution is 2.13. The molecular formula is C12H25O3-. The average molecular weight is 217 g/mol. The molecule has 92 valence electrons. The highest BCUT2D eigenvalue weighted by atomic mass is 16.4. The molecule has 0 spiro atoms. The van der Waals surface area contributed by atoms with Crippen molar-refractivity contribution in [3.8, 4) is 0 Å². The van der Waals surface area contributed by atoms with E-state index < -0.39 is 5.97 Å². The lowest BCUT2D eigenvalue weighted by atomic mass is 9.99. The van der Waals surface area contributed by atoms with Crippen molar-refractivity contribution < 1.29 is 15.0 Å². The van der Waals surface area contributed by atoms with Crippen LogP contribution in [0.15, 0.2) is 0 Å². The highest BCUT2D eigenvalue weighted by molar-refractivity contribution is 5.67. The Kier molecular flexibility index (Phi) is 15.1. The smallest absolute Gasteiger partial charge is 0.0445 e. The average Bonchev–Trinajstić information content (AvgIpc) is 2.18. The van der Waals surface area contributed by atoms with Crippen LogP contribution in [0, 0.1) is 5.92 Å². The molecule has 0 aliphatic heterocycles. The predicted octanol–water partition coefficient (Wildman–Crippen LogP) is 1.73. The van der Waals surface area contributed by atoms with Crippen molar-refractivity contribution in [2.75, 3.05) is 6.61 Å². The molecule has 0 aliphatic carbocycles. The minimum atomic E-state index is -0.881. The number of carbonyl (C=O) groups excluding carboxylic acids is 1. The Bertz CT molecular complexity index is 135. The van der Waals surface area contributed by atoms with Crippen molar-refractivity contribution in [2.24, 2.45) is 5.92 Å². The Morgan fingerprint density at radius 3 is 2.07 bits per heavy atom. The van der Waals surface area contributed by atoms with Crippen LogP contribution in [0.3, 0.4) is 0 Å². The lowest BCUT2D eigenvalue weighted by Gasteiger charge is -2.14. The third-order valence-electron chi connectivity index (χ3n) is 2.23. The van der Waals surface area contributed by atoms with Crippen LogP contribution >= 0.6 is 0 Å². The van der Waals surface area contributed by atoms with Crippen LogP contribution < -0.4 is 5.11 Å². The zero-order valence-electron chi connectivity index (χ0n) is 10.3. The summed E-state index contributed by atoms with van der Waals surface area (Å²) in [6.45, 7) is 5.98. The lowest BCUT2D eigenvalue weighted by Crippen LogP contribution is -2.30.